The Morgan fingerprint density at radius 3 is 2.97 bits per heavy atom. The average Bonchev–Trinajstić information content (AvgIpc) is 3.27. The summed E-state index contributed by atoms with van der Waals surface area (Å²) >= 11 is 0. The van der Waals surface area contributed by atoms with Gasteiger partial charge < -0.3 is 15.6 Å². The predicted octanol–water partition coefficient (Wildman–Crippen LogP) is 1.75. The van der Waals surface area contributed by atoms with E-state index in [1.54, 1.807) is 4.57 Å². The highest BCUT2D eigenvalue weighted by molar-refractivity contribution is 7.51. The number of unbranched alkanes of at least 4 members (excludes halogenated alkanes) is 4. The van der Waals surface area contributed by atoms with Gasteiger partial charge in [-0.15, -0.1) is 0 Å². The number of nitrogen functional groups attached to an aromatic ring is 1. The molecule has 1 unspecified atom stereocenters. The van der Waals surface area contributed by atoms with Gasteiger partial charge in [-0.1, -0.05) is 32.6 Å². The van der Waals surface area contributed by atoms with Crippen molar-refractivity contribution in [2.75, 3.05) is 18.9 Å². The summed E-state index contributed by atoms with van der Waals surface area (Å²) in [7, 11) is -3.50. The Labute approximate surface area is 168 Å². The van der Waals surface area contributed by atoms with Gasteiger partial charge in [-0.3, -0.25) is 13.6 Å². The minimum atomic E-state index is -3.50. The highest BCUT2D eigenvalue weighted by atomic mass is 31.2. The molecule has 2 fully saturated rings. The number of fused-ring (bicyclic) bond motifs is 2. The average molecular weight is 426 g/mol. The van der Waals surface area contributed by atoms with Gasteiger partial charge in [0.15, 0.2) is 17.7 Å². The molecule has 0 spiro atoms. The van der Waals surface area contributed by atoms with Crippen LogP contribution in [0.1, 0.15) is 45.3 Å². The standard InChI is InChI=1S/C17H27N6O5P/c1-2-3-4-5-6-7-22-29(25)26-8-11-14(28-29)13(24)17(27-11)23-10-21-12-15(18)19-9-20-16(12)23/h9-11,13-14,17,24H,2-8H2,1H3,(H,22,25)(H2,18,19,20)/t11-,13-,14-,17-,29?/m1/s1. The van der Waals surface area contributed by atoms with Crippen molar-refractivity contribution >= 4 is 24.7 Å². The van der Waals surface area contributed by atoms with Gasteiger partial charge in [-0.05, 0) is 6.42 Å². The number of imidazole rings is 1. The lowest BCUT2D eigenvalue weighted by Crippen LogP contribution is -2.41. The minimum absolute atomic E-state index is 0.0576. The second kappa shape index (κ2) is 8.63. The maximum atomic E-state index is 12.9. The molecule has 2 aliphatic rings. The zero-order valence-electron chi connectivity index (χ0n) is 16.3. The molecule has 12 heteroatoms. The van der Waals surface area contributed by atoms with E-state index in [9.17, 15) is 9.67 Å². The van der Waals surface area contributed by atoms with Crippen molar-refractivity contribution in [2.24, 2.45) is 0 Å². The van der Waals surface area contributed by atoms with Crippen LogP contribution in [0.25, 0.3) is 11.2 Å². The highest BCUT2D eigenvalue weighted by Gasteiger charge is 2.52. The Hall–Kier alpha value is -1.62. The van der Waals surface area contributed by atoms with E-state index in [-0.39, 0.29) is 12.4 Å². The number of ether oxygens (including phenoxy) is 1. The van der Waals surface area contributed by atoms with E-state index in [2.05, 4.69) is 27.0 Å². The van der Waals surface area contributed by atoms with Crippen LogP contribution in [0, 0.1) is 0 Å². The first kappa shape index (κ1) is 20.6. The Bertz CT molecular complexity index is 894. The van der Waals surface area contributed by atoms with E-state index in [1.807, 2.05) is 0 Å². The molecule has 160 valence electrons. The Morgan fingerprint density at radius 2 is 2.14 bits per heavy atom. The molecule has 2 aromatic rings. The van der Waals surface area contributed by atoms with Crippen molar-refractivity contribution in [3.63, 3.8) is 0 Å². The molecule has 29 heavy (non-hydrogen) atoms. The van der Waals surface area contributed by atoms with Gasteiger partial charge >= 0.3 is 7.75 Å². The monoisotopic (exact) mass is 426 g/mol. The normalized spacial score (nSPS) is 31.9. The molecule has 0 aliphatic carbocycles. The van der Waals surface area contributed by atoms with E-state index in [1.165, 1.54) is 25.5 Å². The molecule has 11 nitrogen and oxygen atoms in total. The molecular formula is C17H27N6O5P. The van der Waals surface area contributed by atoms with Crippen LogP contribution in [-0.4, -0.2) is 56.1 Å². The maximum absolute atomic E-state index is 12.9. The summed E-state index contributed by atoms with van der Waals surface area (Å²) in [6.07, 6.45) is 5.03. The first-order valence-corrected chi connectivity index (χ1v) is 11.5. The molecule has 5 atom stereocenters. The minimum Gasteiger partial charge on any atom is -0.386 e. The Balaban J connectivity index is 1.41. The van der Waals surface area contributed by atoms with Gasteiger partial charge in [0.25, 0.3) is 0 Å². The number of nitrogens with two attached hydrogens (primary N) is 1. The van der Waals surface area contributed by atoms with Crippen LogP contribution in [0.2, 0.25) is 0 Å². The molecule has 4 rings (SSSR count). The molecule has 0 amide bonds. The number of aliphatic hydroxyl groups excluding tert-OH is 1. The molecule has 2 saturated heterocycles. The van der Waals surface area contributed by atoms with Crippen LogP contribution in [0.3, 0.4) is 0 Å². The summed E-state index contributed by atoms with van der Waals surface area (Å²) in [5.41, 5.74) is 6.68. The van der Waals surface area contributed by atoms with Crippen molar-refractivity contribution < 1.29 is 23.5 Å². The second-order valence-electron chi connectivity index (χ2n) is 7.32. The summed E-state index contributed by atoms with van der Waals surface area (Å²) in [4.78, 5) is 12.3. The third-order valence-corrected chi connectivity index (χ3v) is 6.85. The summed E-state index contributed by atoms with van der Waals surface area (Å²) in [5, 5.41) is 13.7. The van der Waals surface area contributed by atoms with Gasteiger partial charge in [-0.25, -0.2) is 24.6 Å². The fourth-order valence-electron chi connectivity index (χ4n) is 3.66. The summed E-state index contributed by atoms with van der Waals surface area (Å²) < 4.78 is 31.5. The van der Waals surface area contributed by atoms with Crippen LogP contribution >= 0.6 is 7.75 Å². The summed E-state index contributed by atoms with van der Waals surface area (Å²) in [6, 6.07) is 0. The van der Waals surface area contributed by atoms with Crippen LogP contribution < -0.4 is 10.8 Å². The van der Waals surface area contributed by atoms with E-state index >= 15 is 0 Å². The molecule has 4 heterocycles. The van der Waals surface area contributed by atoms with Gasteiger partial charge in [0, 0.05) is 6.54 Å². The van der Waals surface area contributed by atoms with Crippen molar-refractivity contribution in [3.8, 4) is 0 Å². The molecule has 0 bridgehead atoms. The lowest BCUT2D eigenvalue weighted by Gasteiger charge is -2.31. The smallest absolute Gasteiger partial charge is 0.386 e. The molecule has 4 N–H and O–H groups in total. The highest BCUT2D eigenvalue weighted by Crippen LogP contribution is 2.52. The molecule has 0 radical (unpaired) electrons. The van der Waals surface area contributed by atoms with E-state index in [4.69, 9.17) is 19.5 Å². The number of nitrogens with zero attached hydrogens (tertiary/aromatic N) is 4. The van der Waals surface area contributed by atoms with E-state index in [0.717, 1.165) is 19.3 Å². The third-order valence-electron chi connectivity index (χ3n) is 5.23. The quantitative estimate of drug-likeness (QED) is 0.421. The Morgan fingerprint density at radius 1 is 1.31 bits per heavy atom. The van der Waals surface area contributed by atoms with Crippen LogP contribution in [0.4, 0.5) is 5.82 Å². The maximum Gasteiger partial charge on any atom is 0.406 e. The fourth-order valence-corrected chi connectivity index (χ4v) is 5.24. The van der Waals surface area contributed by atoms with Gasteiger partial charge in [0.1, 0.15) is 30.2 Å². The number of aromatic nitrogens is 4. The largest absolute Gasteiger partial charge is 0.406 e. The first-order valence-electron chi connectivity index (χ1n) is 9.97. The molecule has 0 aromatic carbocycles. The first-order chi connectivity index (χ1) is 14.0. The number of hydrogen-bond acceptors (Lipinski definition) is 9. The topological polar surface area (TPSA) is 147 Å². The van der Waals surface area contributed by atoms with Gasteiger partial charge in [0.05, 0.1) is 12.9 Å². The lowest BCUT2D eigenvalue weighted by molar-refractivity contribution is -0.0595. The van der Waals surface area contributed by atoms with Crippen molar-refractivity contribution in [1.29, 1.82) is 0 Å². The van der Waals surface area contributed by atoms with Crippen molar-refractivity contribution in [3.05, 3.63) is 12.7 Å². The second-order valence-corrected chi connectivity index (χ2v) is 9.10. The third kappa shape index (κ3) is 4.16. The Kier molecular flexibility index (Phi) is 6.14. The van der Waals surface area contributed by atoms with Gasteiger partial charge in [-0.2, -0.15) is 0 Å². The SMILES string of the molecule is CCCCCCCNP1(=O)OC[C@H]2O[C@@H](n3cnc4c(N)ncnc43)[C@H](O)[C@@H]2O1. The number of anilines is 1. The number of hydrogen-bond donors (Lipinski definition) is 3. The zero-order chi connectivity index (χ0) is 20.4. The molecule has 0 saturated carbocycles. The van der Waals surface area contributed by atoms with E-state index < -0.39 is 32.3 Å². The summed E-state index contributed by atoms with van der Waals surface area (Å²) in [5.74, 6) is 0.242. The van der Waals surface area contributed by atoms with Crippen molar-refractivity contribution in [1.82, 2.24) is 24.6 Å². The van der Waals surface area contributed by atoms with Gasteiger partial charge in [0.2, 0.25) is 0 Å². The fraction of sp³-hybridized carbons (Fsp3) is 0.706. The number of rotatable bonds is 8. The van der Waals surface area contributed by atoms with Crippen LogP contribution in [-0.2, 0) is 18.3 Å². The number of nitrogens with one attached hydrogen (secondary N) is 1. The van der Waals surface area contributed by atoms with Crippen molar-refractivity contribution in [2.45, 2.75) is 63.6 Å². The van der Waals surface area contributed by atoms with Crippen LogP contribution in [0.5, 0.6) is 0 Å². The summed E-state index contributed by atoms with van der Waals surface area (Å²) in [6.45, 7) is 2.75. The van der Waals surface area contributed by atoms with E-state index in [0.29, 0.717) is 17.7 Å². The molecule has 2 aliphatic heterocycles. The molecule has 2 aromatic heterocycles. The number of aliphatic hydroxyl groups is 1. The predicted molar refractivity (Wildman–Crippen MR) is 105 cm³/mol. The molecular weight excluding hydrogens is 399 g/mol. The zero-order valence-corrected chi connectivity index (χ0v) is 17.2. The lowest BCUT2D eigenvalue weighted by atomic mass is 10.1. The van der Waals surface area contributed by atoms with Crippen LogP contribution in [0.15, 0.2) is 12.7 Å².